The minimum absolute atomic E-state index is 0.138. The van der Waals surface area contributed by atoms with Crippen LogP contribution < -0.4 is 5.73 Å². The second-order valence-corrected chi connectivity index (χ2v) is 2.72. The number of oxazole rings is 1. The molecule has 0 aliphatic rings. The molecule has 0 bridgehead atoms. The summed E-state index contributed by atoms with van der Waals surface area (Å²) in [4.78, 5) is 17.6. The van der Waals surface area contributed by atoms with E-state index in [1.54, 1.807) is 0 Å². The van der Waals surface area contributed by atoms with Gasteiger partial charge >= 0.3 is 5.69 Å². The highest BCUT2D eigenvalue weighted by atomic mass is 16.6. The molecule has 15 heavy (non-hydrogen) atoms. The van der Waals surface area contributed by atoms with E-state index < -0.39 is 4.92 Å². The van der Waals surface area contributed by atoms with Crippen molar-refractivity contribution in [2.24, 2.45) is 0 Å². The standard InChI is InChI=1S/C8H6N4O3/c9-8-7(12(13)14)5(1-2-10-8)6-3-15-4-11-6/h1-4H,(H2,9,10). The van der Waals surface area contributed by atoms with Crippen molar-refractivity contribution in [1.29, 1.82) is 0 Å². The van der Waals surface area contributed by atoms with E-state index in [1.165, 1.54) is 24.9 Å². The van der Waals surface area contributed by atoms with Crippen molar-refractivity contribution in [3.05, 3.63) is 35.0 Å². The lowest BCUT2D eigenvalue weighted by Crippen LogP contribution is -2.00. The van der Waals surface area contributed by atoms with Gasteiger partial charge in [-0.25, -0.2) is 9.97 Å². The summed E-state index contributed by atoms with van der Waals surface area (Å²) in [6, 6.07) is 1.46. The molecule has 2 heterocycles. The van der Waals surface area contributed by atoms with E-state index in [2.05, 4.69) is 9.97 Å². The number of aromatic nitrogens is 2. The van der Waals surface area contributed by atoms with Gasteiger partial charge in [-0.2, -0.15) is 0 Å². The fourth-order valence-corrected chi connectivity index (χ4v) is 1.21. The van der Waals surface area contributed by atoms with Gasteiger partial charge in [0.2, 0.25) is 5.82 Å². The minimum Gasteiger partial charge on any atom is -0.451 e. The van der Waals surface area contributed by atoms with Gasteiger partial charge in [-0.05, 0) is 6.07 Å². The van der Waals surface area contributed by atoms with Crippen molar-refractivity contribution in [2.75, 3.05) is 5.73 Å². The number of anilines is 1. The molecule has 2 N–H and O–H groups in total. The van der Waals surface area contributed by atoms with Crippen molar-refractivity contribution < 1.29 is 9.34 Å². The van der Waals surface area contributed by atoms with Crippen molar-refractivity contribution in [3.63, 3.8) is 0 Å². The number of hydrogen-bond donors (Lipinski definition) is 1. The number of nitrogen functional groups attached to an aromatic ring is 1. The summed E-state index contributed by atoms with van der Waals surface area (Å²) in [5.41, 5.74) is 5.81. The molecule has 0 fully saturated rings. The molecular weight excluding hydrogens is 200 g/mol. The first-order valence-electron chi connectivity index (χ1n) is 3.97. The molecule has 2 aromatic rings. The molecule has 0 amide bonds. The summed E-state index contributed by atoms with van der Waals surface area (Å²) >= 11 is 0. The highest BCUT2D eigenvalue weighted by Gasteiger charge is 2.21. The highest BCUT2D eigenvalue weighted by molar-refractivity contribution is 5.76. The van der Waals surface area contributed by atoms with Gasteiger partial charge in [-0.3, -0.25) is 10.1 Å². The second-order valence-electron chi connectivity index (χ2n) is 2.72. The van der Waals surface area contributed by atoms with Crippen molar-refractivity contribution in [2.45, 2.75) is 0 Å². The van der Waals surface area contributed by atoms with E-state index in [9.17, 15) is 10.1 Å². The lowest BCUT2D eigenvalue weighted by molar-refractivity contribution is -0.383. The molecule has 0 spiro atoms. The van der Waals surface area contributed by atoms with Crippen molar-refractivity contribution in [3.8, 4) is 11.3 Å². The number of nitrogens with two attached hydrogens (primary N) is 1. The summed E-state index contributed by atoms with van der Waals surface area (Å²) in [6.45, 7) is 0. The Bertz CT molecular complexity index is 495. The molecule has 0 aromatic carbocycles. The fraction of sp³-hybridized carbons (Fsp3) is 0. The van der Waals surface area contributed by atoms with Gasteiger partial charge in [-0.15, -0.1) is 0 Å². The molecule has 2 rings (SSSR count). The Kier molecular flexibility index (Phi) is 2.05. The molecule has 0 atom stereocenters. The Morgan fingerprint density at radius 2 is 2.27 bits per heavy atom. The van der Waals surface area contributed by atoms with Crippen molar-refractivity contribution >= 4 is 11.5 Å². The first-order valence-corrected chi connectivity index (χ1v) is 3.97. The Labute approximate surface area is 83.7 Å². The number of rotatable bonds is 2. The summed E-state index contributed by atoms with van der Waals surface area (Å²) < 4.78 is 4.75. The first-order chi connectivity index (χ1) is 7.20. The zero-order valence-corrected chi connectivity index (χ0v) is 7.45. The molecule has 7 nitrogen and oxygen atoms in total. The van der Waals surface area contributed by atoms with Gasteiger partial charge in [0.05, 0.1) is 10.5 Å². The molecule has 2 aromatic heterocycles. The molecule has 0 unspecified atom stereocenters. The van der Waals surface area contributed by atoms with Crippen LogP contribution in [0.5, 0.6) is 0 Å². The van der Waals surface area contributed by atoms with E-state index in [1.807, 2.05) is 0 Å². The van der Waals surface area contributed by atoms with Gasteiger partial charge < -0.3 is 10.2 Å². The Morgan fingerprint density at radius 3 is 2.87 bits per heavy atom. The average Bonchev–Trinajstić information content (AvgIpc) is 2.69. The normalized spacial score (nSPS) is 10.1. The zero-order valence-electron chi connectivity index (χ0n) is 7.45. The Balaban J connectivity index is 2.66. The first kappa shape index (κ1) is 9.13. The number of hydrogen-bond acceptors (Lipinski definition) is 6. The fourth-order valence-electron chi connectivity index (χ4n) is 1.21. The van der Waals surface area contributed by atoms with Crippen LogP contribution in [0.4, 0.5) is 11.5 Å². The van der Waals surface area contributed by atoms with Crippen LogP contribution in [0.25, 0.3) is 11.3 Å². The molecule has 7 heteroatoms. The van der Waals surface area contributed by atoms with Crippen LogP contribution in [-0.2, 0) is 0 Å². The van der Waals surface area contributed by atoms with Gasteiger partial charge in [0.25, 0.3) is 0 Å². The van der Waals surface area contributed by atoms with Crippen LogP contribution in [0.15, 0.2) is 29.3 Å². The third-order valence-corrected chi connectivity index (χ3v) is 1.84. The average molecular weight is 206 g/mol. The van der Waals surface area contributed by atoms with Crippen LogP contribution in [0, 0.1) is 10.1 Å². The van der Waals surface area contributed by atoms with E-state index in [0.29, 0.717) is 11.3 Å². The predicted molar refractivity (Wildman–Crippen MR) is 50.8 cm³/mol. The molecule has 0 radical (unpaired) electrons. The highest BCUT2D eigenvalue weighted by Crippen LogP contribution is 2.31. The number of pyridine rings is 1. The quantitative estimate of drug-likeness (QED) is 0.584. The maximum Gasteiger partial charge on any atom is 0.320 e. The molecule has 0 aliphatic carbocycles. The molecule has 0 saturated carbocycles. The third kappa shape index (κ3) is 1.50. The van der Waals surface area contributed by atoms with Crippen LogP contribution in [0.2, 0.25) is 0 Å². The topological polar surface area (TPSA) is 108 Å². The molecule has 0 saturated heterocycles. The molecular formula is C8H6N4O3. The predicted octanol–water partition coefficient (Wildman–Crippen LogP) is 1.23. The van der Waals surface area contributed by atoms with Gasteiger partial charge in [0.1, 0.15) is 12.0 Å². The zero-order chi connectivity index (χ0) is 10.8. The lowest BCUT2D eigenvalue weighted by Gasteiger charge is -2.00. The summed E-state index contributed by atoms with van der Waals surface area (Å²) in [5.74, 6) is -0.138. The maximum absolute atomic E-state index is 10.8. The SMILES string of the molecule is Nc1nccc(-c2cocn2)c1[N+](=O)[O-]. The van der Waals surface area contributed by atoms with Crippen molar-refractivity contribution in [1.82, 2.24) is 9.97 Å². The second kappa shape index (κ2) is 3.37. The monoisotopic (exact) mass is 206 g/mol. The van der Waals surface area contributed by atoms with E-state index >= 15 is 0 Å². The summed E-state index contributed by atoms with van der Waals surface area (Å²) in [5, 5.41) is 10.8. The van der Waals surface area contributed by atoms with E-state index in [0.717, 1.165) is 0 Å². The minimum atomic E-state index is -0.591. The van der Waals surface area contributed by atoms with E-state index in [4.69, 9.17) is 10.2 Å². The smallest absolute Gasteiger partial charge is 0.320 e. The maximum atomic E-state index is 10.8. The van der Waals surface area contributed by atoms with Crippen LogP contribution >= 0.6 is 0 Å². The Morgan fingerprint density at radius 1 is 1.47 bits per heavy atom. The summed E-state index contributed by atoms with van der Waals surface area (Å²) in [6.07, 6.45) is 3.88. The molecule has 76 valence electrons. The van der Waals surface area contributed by atoms with Gasteiger partial charge in [0, 0.05) is 6.20 Å². The summed E-state index contributed by atoms with van der Waals surface area (Å²) in [7, 11) is 0. The molecule has 0 aliphatic heterocycles. The van der Waals surface area contributed by atoms with E-state index in [-0.39, 0.29) is 11.5 Å². The van der Waals surface area contributed by atoms with Gasteiger partial charge in [0.15, 0.2) is 6.39 Å². The van der Waals surface area contributed by atoms with Gasteiger partial charge in [-0.1, -0.05) is 0 Å². The van der Waals surface area contributed by atoms with Crippen LogP contribution in [0.1, 0.15) is 0 Å². The largest absolute Gasteiger partial charge is 0.451 e. The Hall–Kier alpha value is -2.44. The number of nitro groups is 1. The van der Waals surface area contributed by atoms with Crippen LogP contribution in [0.3, 0.4) is 0 Å². The van der Waals surface area contributed by atoms with Crippen LogP contribution in [-0.4, -0.2) is 14.9 Å². The third-order valence-electron chi connectivity index (χ3n) is 1.84. The number of nitrogens with zero attached hydrogens (tertiary/aromatic N) is 3. The lowest BCUT2D eigenvalue weighted by atomic mass is 10.1.